The lowest BCUT2D eigenvalue weighted by Gasteiger charge is -2.26. The van der Waals surface area contributed by atoms with Crippen molar-refractivity contribution in [2.24, 2.45) is 0 Å². The van der Waals surface area contributed by atoms with Gasteiger partial charge >= 0.3 is 0 Å². The Morgan fingerprint density at radius 1 is 1.05 bits per heavy atom. The molecular weight excluding hydrogens is 256 g/mol. The molecular formula is C16H22O4. The monoisotopic (exact) mass is 278 g/mol. The first-order valence-corrected chi connectivity index (χ1v) is 6.94. The summed E-state index contributed by atoms with van der Waals surface area (Å²) in [7, 11) is 3.34. The number of ether oxygens (including phenoxy) is 3. The number of methoxy groups -OCH3 is 2. The van der Waals surface area contributed by atoms with E-state index in [0.717, 1.165) is 31.2 Å². The Hall–Kier alpha value is -1.68. The van der Waals surface area contributed by atoms with Gasteiger partial charge in [0.15, 0.2) is 0 Å². The van der Waals surface area contributed by atoms with Crippen molar-refractivity contribution in [1.29, 1.82) is 0 Å². The largest absolute Gasteiger partial charge is 0.508 e. The van der Waals surface area contributed by atoms with E-state index >= 15 is 0 Å². The summed E-state index contributed by atoms with van der Waals surface area (Å²) in [5.41, 5.74) is 0.854. The average molecular weight is 278 g/mol. The maximum Gasteiger partial charge on any atom is 0.123 e. The minimum absolute atomic E-state index is 0.185. The minimum Gasteiger partial charge on any atom is -0.508 e. The van der Waals surface area contributed by atoms with Crippen molar-refractivity contribution < 1.29 is 19.3 Å². The smallest absolute Gasteiger partial charge is 0.123 e. The molecule has 1 saturated carbocycles. The molecule has 0 spiro atoms. The Kier molecular flexibility index (Phi) is 5.30. The predicted molar refractivity (Wildman–Crippen MR) is 77.8 cm³/mol. The van der Waals surface area contributed by atoms with Crippen LogP contribution < -0.4 is 4.74 Å². The van der Waals surface area contributed by atoms with Gasteiger partial charge in [-0.05, 0) is 49.5 Å². The number of phenols is 1. The van der Waals surface area contributed by atoms with Crippen LogP contribution in [0.4, 0.5) is 0 Å². The Morgan fingerprint density at radius 3 is 2.40 bits per heavy atom. The first-order valence-electron chi connectivity index (χ1n) is 6.94. The Bertz CT molecular complexity index is 448. The van der Waals surface area contributed by atoms with E-state index in [-0.39, 0.29) is 11.9 Å². The van der Waals surface area contributed by atoms with Crippen LogP contribution in [0.2, 0.25) is 0 Å². The fraction of sp³-hybridized carbons (Fsp3) is 0.500. The van der Waals surface area contributed by atoms with Crippen molar-refractivity contribution in [3.63, 3.8) is 0 Å². The van der Waals surface area contributed by atoms with Crippen LogP contribution in [0.1, 0.15) is 31.2 Å². The summed E-state index contributed by atoms with van der Waals surface area (Å²) in [6.45, 7) is 0. The van der Waals surface area contributed by atoms with Crippen LogP contribution in [0.15, 0.2) is 24.5 Å². The van der Waals surface area contributed by atoms with Crippen molar-refractivity contribution in [3.05, 3.63) is 30.0 Å². The first-order chi connectivity index (χ1) is 9.71. The van der Waals surface area contributed by atoms with Crippen LogP contribution in [-0.4, -0.2) is 31.5 Å². The van der Waals surface area contributed by atoms with Crippen LogP contribution in [0.25, 0.3) is 6.08 Å². The van der Waals surface area contributed by atoms with Crippen molar-refractivity contribution in [2.45, 2.75) is 37.9 Å². The Morgan fingerprint density at radius 2 is 1.75 bits per heavy atom. The maximum atomic E-state index is 9.56. The molecule has 0 aliphatic heterocycles. The molecule has 0 bridgehead atoms. The van der Waals surface area contributed by atoms with Gasteiger partial charge in [0.05, 0.1) is 25.6 Å². The van der Waals surface area contributed by atoms with E-state index in [1.807, 2.05) is 12.1 Å². The summed E-state index contributed by atoms with van der Waals surface area (Å²) >= 11 is 0. The number of phenolic OH excluding ortho intramolecular Hbond substituents is 1. The van der Waals surface area contributed by atoms with Crippen molar-refractivity contribution >= 4 is 6.08 Å². The molecule has 20 heavy (non-hydrogen) atoms. The van der Waals surface area contributed by atoms with Gasteiger partial charge in [-0.15, -0.1) is 0 Å². The molecule has 4 heteroatoms. The number of rotatable bonds is 5. The highest BCUT2D eigenvalue weighted by molar-refractivity contribution is 5.54. The number of aromatic hydroxyl groups is 1. The summed E-state index contributed by atoms with van der Waals surface area (Å²) < 4.78 is 16.2. The molecule has 2 rings (SSSR count). The van der Waals surface area contributed by atoms with Crippen molar-refractivity contribution in [1.82, 2.24) is 0 Å². The quantitative estimate of drug-likeness (QED) is 0.839. The summed E-state index contributed by atoms with van der Waals surface area (Å²) in [6, 6.07) is 5.09. The van der Waals surface area contributed by atoms with Gasteiger partial charge in [0.1, 0.15) is 11.5 Å². The standard InChI is InChI=1S/C16H22O4/c1-18-14-3-5-15(6-4-14)20-8-7-12-9-13(17)11-16(10-12)19-2/h7-11,14-15,17H,3-6H2,1-2H3/b8-7+. The highest BCUT2D eigenvalue weighted by Crippen LogP contribution is 2.24. The second kappa shape index (κ2) is 7.20. The zero-order valence-electron chi connectivity index (χ0n) is 12.0. The molecule has 0 saturated heterocycles. The summed E-state index contributed by atoms with van der Waals surface area (Å²) in [5, 5.41) is 9.56. The molecule has 1 aromatic rings. The number of benzene rings is 1. The molecule has 0 heterocycles. The van der Waals surface area contributed by atoms with E-state index in [1.54, 1.807) is 32.6 Å². The molecule has 4 nitrogen and oxygen atoms in total. The molecule has 1 aliphatic rings. The highest BCUT2D eigenvalue weighted by atomic mass is 16.5. The van der Waals surface area contributed by atoms with Gasteiger partial charge in [-0.3, -0.25) is 0 Å². The van der Waals surface area contributed by atoms with E-state index in [2.05, 4.69) is 0 Å². The van der Waals surface area contributed by atoms with E-state index < -0.39 is 0 Å². The van der Waals surface area contributed by atoms with Crippen molar-refractivity contribution in [2.75, 3.05) is 14.2 Å². The molecule has 0 atom stereocenters. The zero-order valence-corrected chi connectivity index (χ0v) is 12.0. The second-order valence-corrected chi connectivity index (χ2v) is 5.04. The molecule has 0 radical (unpaired) electrons. The van der Waals surface area contributed by atoms with Crippen LogP contribution >= 0.6 is 0 Å². The summed E-state index contributed by atoms with van der Waals surface area (Å²) in [5.74, 6) is 0.815. The van der Waals surface area contributed by atoms with Crippen LogP contribution in [0, 0.1) is 0 Å². The van der Waals surface area contributed by atoms with Gasteiger partial charge < -0.3 is 19.3 Å². The van der Waals surface area contributed by atoms with E-state index in [4.69, 9.17) is 14.2 Å². The van der Waals surface area contributed by atoms with Gasteiger partial charge in [-0.1, -0.05) is 0 Å². The lowest BCUT2D eigenvalue weighted by Crippen LogP contribution is -2.24. The lowest BCUT2D eigenvalue weighted by molar-refractivity contribution is 0.0186. The van der Waals surface area contributed by atoms with E-state index in [9.17, 15) is 5.11 Å². The fourth-order valence-corrected chi connectivity index (χ4v) is 2.45. The summed E-state index contributed by atoms with van der Waals surface area (Å²) in [4.78, 5) is 0. The topological polar surface area (TPSA) is 47.9 Å². The van der Waals surface area contributed by atoms with E-state index in [1.165, 1.54) is 0 Å². The molecule has 0 aromatic heterocycles. The lowest BCUT2D eigenvalue weighted by atomic mass is 9.95. The summed E-state index contributed by atoms with van der Waals surface area (Å²) in [6.07, 6.45) is 8.32. The molecule has 0 unspecified atom stereocenters. The predicted octanol–water partition coefficient (Wildman–Crippen LogP) is 3.35. The zero-order chi connectivity index (χ0) is 14.4. The molecule has 1 N–H and O–H groups in total. The SMILES string of the molecule is COc1cc(O)cc(/C=C/OC2CCC(OC)CC2)c1. The third-order valence-corrected chi connectivity index (χ3v) is 3.64. The van der Waals surface area contributed by atoms with Gasteiger partial charge in [0, 0.05) is 13.2 Å². The fourth-order valence-electron chi connectivity index (χ4n) is 2.45. The van der Waals surface area contributed by atoms with Gasteiger partial charge in [0.25, 0.3) is 0 Å². The van der Waals surface area contributed by atoms with Crippen LogP contribution in [-0.2, 0) is 9.47 Å². The molecule has 110 valence electrons. The molecule has 1 aliphatic carbocycles. The van der Waals surface area contributed by atoms with Crippen LogP contribution in [0.3, 0.4) is 0 Å². The molecule has 1 aromatic carbocycles. The first kappa shape index (κ1) is 14.7. The van der Waals surface area contributed by atoms with Crippen molar-refractivity contribution in [3.8, 4) is 11.5 Å². The van der Waals surface area contributed by atoms with Gasteiger partial charge in [-0.25, -0.2) is 0 Å². The third-order valence-electron chi connectivity index (χ3n) is 3.64. The maximum absolute atomic E-state index is 9.56. The van der Waals surface area contributed by atoms with E-state index in [0.29, 0.717) is 11.9 Å². The normalized spacial score (nSPS) is 22.9. The number of hydrogen-bond acceptors (Lipinski definition) is 4. The second-order valence-electron chi connectivity index (χ2n) is 5.04. The Balaban J connectivity index is 1.86. The van der Waals surface area contributed by atoms with Gasteiger partial charge in [0.2, 0.25) is 0 Å². The molecule has 1 fully saturated rings. The third kappa shape index (κ3) is 4.17. The average Bonchev–Trinajstić information content (AvgIpc) is 2.47. The highest BCUT2D eigenvalue weighted by Gasteiger charge is 2.20. The molecule has 0 amide bonds. The minimum atomic E-state index is 0.185. The van der Waals surface area contributed by atoms with Crippen LogP contribution in [0.5, 0.6) is 11.5 Å². The number of hydrogen-bond donors (Lipinski definition) is 1. The van der Waals surface area contributed by atoms with Gasteiger partial charge in [-0.2, -0.15) is 0 Å². The Labute approximate surface area is 120 Å².